The number of hydrogen-bond acceptors (Lipinski definition) is 4. The number of anilines is 1. The van der Waals surface area contributed by atoms with E-state index in [0.29, 0.717) is 17.7 Å². The van der Waals surface area contributed by atoms with E-state index in [1.165, 1.54) is 18.9 Å². The van der Waals surface area contributed by atoms with Gasteiger partial charge in [0.1, 0.15) is 0 Å². The highest BCUT2D eigenvalue weighted by atomic mass is 16.6. The molecule has 1 heterocycles. The number of nitro groups is 1. The van der Waals surface area contributed by atoms with Crippen molar-refractivity contribution >= 4 is 17.3 Å². The van der Waals surface area contributed by atoms with Crippen LogP contribution >= 0.6 is 0 Å². The van der Waals surface area contributed by atoms with Crippen molar-refractivity contribution in [2.45, 2.75) is 33.1 Å². The van der Waals surface area contributed by atoms with Gasteiger partial charge in [0, 0.05) is 19.0 Å². The maximum Gasteiger partial charge on any atom is 0.274 e. The summed E-state index contributed by atoms with van der Waals surface area (Å²) in [6, 6.07) is 4.73. The van der Waals surface area contributed by atoms with Crippen molar-refractivity contribution < 1.29 is 9.72 Å². The standard InChI is InChI=1S/C16H23N3O3/c1-12-6-9-18(10-7-12)11-8-16(20)17-14-4-3-5-15(13(14)2)19(21)22/h3-5,12H,6-11H2,1-2H3,(H,17,20). The lowest BCUT2D eigenvalue weighted by atomic mass is 9.99. The maximum absolute atomic E-state index is 12.0. The number of carbonyl (C=O) groups excluding carboxylic acids is 1. The molecule has 1 aliphatic heterocycles. The molecule has 2 rings (SSSR count). The predicted octanol–water partition coefficient (Wildman–Crippen LogP) is 2.96. The molecule has 0 unspecified atom stereocenters. The molecule has 120 valence electrons. The molecule has 0 aliphatic carbocycles. The molecule has 1 amide bonds. The number of amides is 1. The van der Waals surface area contributed by atoms with Crippen molar-refractivity contribution in [3.63, 3.8) is 0 Å². The first-order chi connectivity index (χ1) is 10.5. The quantitative estimate of drug-likeness (QED) is 0.670. The minimum atomic E-state index is -0.431. The summed E-state index contributed by atoms with van der Waals surface area (Å²) in [6.45, 7) is 6.75. The van der Waals surface area contributed by atoms with Gasteiger partial charge in [0.25, 0.3) is 5.69 Å². The molecule has 0 bridgehead atoms. The molecule has 0 aromatic heterocycles. The van der Waals surface area contributed by atoms with Crippen LogP contribution in [-0.2, 0) is 4.79 Å². The number of rotatable bonds is 5. The normalized spacial score (nSPS) is 16.5. The Bertz CT molecular complexity index is 552. The van der Waals surface area contributed by atoms with Crippen molar-refractivity contribution in [2.75, 3.05) is 25.0 Å². The van der Waals surface area contributed by atoms with E-state index in [9.17, 15) is 14.9 Å². The molecule has 1 fully saturated rings. The van der Waals surface area contributed by atoms with Crippen LogP contribution in [-0.4, -0.2) is 35.4 Å². The second-order valence-electron chi connectivity index (χ2n) is 6.03. The first-order valence-corrected chi connectivity index (χ1v) is 7.73. The second kappa shape index (κ2) is 7.35. The number of likely N-dealkylation sites (tertiary alicyclic amines) is 1. The van der Waals surface area contributed by atoms with E-state index in [-0.39, 0.29) is 11.6 Å². The van der Waals surface area contributed by atoms with Gasteiger partial charge in [0.2, 0.25) is 5.91 Å². The zero-order valence-corrected chi connectivity index (χ0v) is 13.2. The zero-order chi connectivity index (χ0) is 16.1. The summed E-state index contributed by atoms with van der Waals surface area (Å²) in [5, 5.41) is 13.7. The Balaban J connectivity index is 1.87. The number of piperidine rings is 1. The highest BCUT2D eigenvalue weighted by Gasteiger charge is 2.17. The summed E-state index contributed by atoms with van der Waals surface area (Å²) < 4.78 is 0. The highest BCUT2D eigenvalue weighted by molar-refractivity contribution is 5.92. The first-order valence-electron chi connectivity index (χ1n) is 7.73. The Kier molecular flexibility index (Phi) is 5.49. The molecule has 6 heteroatoms. The van der Waals surface area contributed by atoms with Gasteiger partial charge in [-0.2, -0.15) is 0 Å². The molecule has 1 aromatic rings. The molecule has 22 heavy (non-hydrogen) atoms. The van der Waals surface area contributed by atoms with Crippen LogP contribution < -0.4 is 5.32 Å². The summed E-state index contributed by atoms with van der Waals surface area (Å²) in [4.78, 5) is 24.8. The zero-order valence-electron chi connectivity index (χ0n) is 13.2. The fourth-order valence-corrected chi connectivity index (χ4v) is 2.71. The molecular formula is C16H23N3O3. The van der Waals surface area contributed by atoms with Gasteiger partial charge in [-0.25, -0.2) is 0 Å². The topological polar surface area (TPSA) is 75.5 Å². The number of hydrogen-bond donors (Lipinski definition) is 1. The molecule has 0 atom stereocenters. The molecular weight excluding hydrogens is 282 g/mol. The molecule has 1 aliphatic rings. The van der Waals surface area contributed by atoms with Crippen LogP contribution in [0, 0.1) is 23.0 Å². The summed E-state index contributed by atoms with van der Waals surface area (Å²) >= 11 is 0. The molecule has 1 aromatic carbocycles. The lowest BCUT2D eigenvalue weighted by molar-refractivity contribution is -0.385. The van der Waals surface area contributed by atoms with Crippen molar-refractivity contribution in [3.8, 4) is 0 Å². The van der Waals surface area contributed by atoms with E-state index >= 15 is 0 Å². The van der Waals surface area contributed by atoms with Gasteiger partial charge in [-0.1, -0.05) is 13.0 Å². The van der Waals surface area contributed by atoms with E-state index in [1.54, 1.807) is 19.1 Å². The smallest absolute Gasteiger partial charge is 0.274 e. The monoisotopic (exact) mass is 305 g/mol. The van der Waals surface area contributed by atoms with Crippen LogP contribution in [0.15, 0.2) is 18.2 Å². The lowest BCUT2D eigenvalue weighted by Gasteiger charge is -2.29. The fourth-order valence-electron chi connectivity index (χ4n) is 2.71. The largest absolute Gasteiger partial charge is 0.326 e. The van der Waals surface area contributed by atoms with Crippen LogP contribution in [0.4, 0.5) is 11.4 Å². The van der Waals surface area contributed by atoms with Gasteiger partial charge in [-0.15, -0.1) is 0 Å². The highest BCUT2D eigenvalue weighted by Crippen LogP contribution is 2.25. The van der Waals surface area contributed by atoms with Gasteiger partial charge in [0.15, 0.2) is 0 Å². The molecule has 1 N–H and O–H groups in total. The first kappa shape index (κ1) is 16.4. The average molecular weight is 305 g/mol. The second-order valence-corrected chi connectivity index (χ2v) is 6.03. The fraction of sp³-hybridized carbons (Fsp3) is 0.562. The van der Waals surface area contributed by atoms with Gasteiger partial charge < -0.3 is 10.2 Å². The molecule has 0 saturated carbocycles. The van der Waals surface area contributed by atoms with Crippen molar-refractivity contribution in [2.24, 2.45) is 5.92 Å². The molecule has 0 spiro atoms. The van der Waals surface area contributed by atoms with E-state index in [0.717, 1.165) is 25.6 Å². The van der Waals surface area contributed by atoms with Gasteiger partial charge >= 0.3 is 0 Å². The Hall–Kier alpha value is -1.95. The third-order valence-electron chi connectivity index (χ3n) is 4.31. The third kappa shape index (κ3) is 4.27. The molecule has 1 saturated heterocycles. The van der Waals surface area contributed by atoms with Crippen molar-refractivity contribution in [3.05, 3.63) is 33.9 Å². The van der Waals surface area contributed by atoms with Crippen molar-refractivity contribution in [1.29, 1.82) is 0 Å². The Morgan fingerprint density at radius 2 is 2.09 bits per heavy atom. The van der Waals surface area contributed by atoms with E-state index in [2.05, 4.69) is 17.1 Å². The number of carbonyl (C=O) groups is 1. The summed E-state index contributed by atoms with van der Waals surface area (Å²) in [5.41, 5.74) is 1.04. The number of nitrogens with one attached hydrogen (secondary N) is 1. The Morgan fingerprint density at radius 3 is 2.73 bits per heavy atom. The average Bonchev–Trinajstić information content (AvgIpc) is 2.48. The SMILES string of the molecule is Cc1c(NC(=O)CCN2CCC(C)CC2)cccc1[N+](=O)[O-]. The van der Waals surface area contributed by atoms with Crippen LogP contribution in [0.5, 0.6) is 0 Å². The van der Waals surface area contributed by atoms with E-state index in [4.69, 9.17) is 0 Å². The summed E-state index contributed by atoms with van der Waals surface area (Å²) in [7, 11) is 0. The number of benzene rings is 1. The van der Waals surface area contributed by atoms with Gasteiger partial charge in [0.05, 0.1) is 16.2 Å². The van der Waals surface area contributed by atoms with Gasteiger partial charge in [-0.05, 0) is 44.8 Å². The number of nitro benzene ring substituents is 1. The maximum atomic E-state index is 12.0. The Morgan fingerprint density at radius 1 is 1.41 bits per heavy atom. The van der Waals surface area contributed by atoms with Crippen LogP contribution in [0.2, 0.25) is 0 Å². The summed E-state index contributed by atoms with van der Waals surface area (Å²) in [6.07, 6.45) is 2.79. The van der Waals surface area contributed by atoms with Crippen LogP contribution in [0.25, 0.3) is 0 Å². The molecule has 0 radical (unpaired) electrons. The van der Waals surface area contributed by atoms with Gasteiger partial charge in [-0.3, -0.25) is 14.9 Å². The minimum Gasteiger partial charge on any atom is -0.326 e. The van der Waals surface area contributed by atoms with Crippen LogP contribution in [0.1, 0.15) is 31.7 Å². The molecule has 6 nitrogen and oxygen atoms in total. The minimum absolute atomic E-state index is 0.0304. The Labute approximate surface area is 130 Å². The van der Waals surface area contributed by atoms with E-state index < -0.39 is 4.92 Å². The van der Waals surface area contributed by atoms with Crippen molar-refractivity contribution in [1.82, 2.24) is 4.90 Å². The third-order valence-corrected chi connectivity index (χ3v) is 4.31. The predicted molar refractivity (Wildman–Crippen MR) is 85.9 cm³/mol. The lowest BCUT2D eigenvalue weighted by Crippen LogP contribution is -2.35. The van der Waals surface area contributed by atoms with E-state index in [1.807, 2.05) is 0 Å². The number of nitrogens with zero attached hydrogens (tertiary/aromatic N) is 2. The van der Waals surface area contributed by atoms with Crippen LogP contribution in [0.3, 0.4) is 0 Å². The summed E-state index contributed by atoms with van der Waals surface area (Å²) in [5.74, 6) is 0.680.